The lowest BCUT2D eigenvalue weighted by Gasteiger charge is -2.20. The molecule has 0 saturated carbocycles. The zero-order valence-electron chi connectivity index (χ0n) is 23.4. The van der Waals surface area contributed by atoms with Crippen LogP contribution in [0.2, 0.25) is 0 Å². The quantitative estimate of drug-likeness (QED) is 0.195. The van der Waals surface area contributed by atoms with Crippen molar-refractivity contribution in [2.24, 2.45) is 0 Å². The molecule has 3 heterocycles. The van der Waals surface area contributed by atoms with Gasteiger partial charge in [0.1, 0.15) is 0 Å². The smallest absolute Gasteiger partial charge is 0.235 e. The molecule has 0 saturated heterocycles. The predicted molar refractivity (Wildman–Crippen MR) is 183 cm³/mol. The lowest BCUT2D eigenvalue weighted by Crippen LogP contribution is -2.06. The Balaban J connectivity index is 1.37. The highest BCUT2D eigenvalue weighted by Gasteiger charge is 2.28. The summed E-state index contributed by atoms with van der Waals surface area (Å²) in [5.74, 6) is 0.706. The van der Waals surface area contributed by atoms with E-state index in [-0.39, 0.29) is 0 Å². The van der Waals surface area contributed by atoms with E-state index in [1.807, 2.05) is 0 Å². The number of benzene rings is 7. The SMILES string of the molecule is c1ccc2c(c1)Sc1cccc3nc(-n4c5ccc6ccccc6c5c5cc6c7c(cccc7c54)-c4ccccc4-6)nc-2c13. The van der Waals surface area contributed by atoms with E-state index in [4.69, 9.17) is 9.97 Å². The minimum absolute atomic E-state index is 0.706. The van der Waals surface area contributed by atoms with Gasteiger partial charge in [0.25, 0.3) is 0 Å². The molecule has 1 aliphatic heterocycles. The van der Waals surface area contributed by atoms with Crippen molar-refractivity contribution in [3.05, 3.63) is 127 Å². The first-order valence-electron chi connectivity index (χ1n) is 14.9. The van der Waals surface area contributed by atoms with Crippen LogP contribution in [0, 0.1) is 0 Å². The molecule has 4 heteroatoms. The largest absolute Gasteiger partial charge is 0.277 e. The minimum atomic E-state index is 0.706. The first-order valence-corrected chi connectivity index (χ1v) is 15.7. The summed E-state index contributed by atoms with van der Waals surface area (Å²) in [5.41, 5.74) is 10.6. The lowest BCUT2D eigenvalue weighted by atomic mass is 9.97. The van der Waals surface area contributed by atoms with Gasteiger partial charge in [0.15, 0.2) is 0 Å². The molecule has 0 fully saturated rings. The molecular formula is C40H21N3S. The summed E-state index contributed by atoms with van der Waals surface area (Å²) < 4.78 is 2.33. The summed E-state index contributed by atoms with van der Waals surface area (Å²) in [7, 11) is 0. The Hall–Kier alpha value is -5.45. The van der Waals surface area contributed by atoms with Gasteiger partial charge in [-0.2, -0.15) is 0 Å². The Kier molecular flexibility index (Phi) is 4.26. The van der Waals surface area contributed by atoms with E-state index in [0.717, 1.165) is 27.6 Å². The maximum Gasteiger partial charge on any atom is 0.235 e. The molecule has 0 unspecified atom stereocenters. The Morgan fingerprint density at radius 2 is 1.20 bits per heavy atom. The number of hydrogen-bond donors (Lipinski definition) is 0. The Bertz CT molecular complexity index is 2750. The minimum Gasteiger partial charge on any atom is -0.277 e. The van der Waals surface area contributed by atoms with Crippen LogP contribution in [0.15, 0.2) is 137 Å². The standard InChI is InChI=1S/C40H21N3S/c1-2-10-23-22(9-1)19-20-32-36(23)30-21-29-25-12-4-3-11-24(25)26-14-7-15-28(35(26)29)39(30)43(32)40-41-31-16-8-18-34-37(31)38(42-40)27-13-5-6-17-33(27)44-34/h1-21H. The van der Waals surface area contributed by atoms with Crippen molar-refractivity contribution < 1.29 is 0 Å². The second-order valence-electron chi connectivity index (χ2n) is 11.7. The number of rotatable bonds is 1. The molecule has 0 bridgehead atoms. The van der Waals surface area contributed by atoms with Gasteiger partial charge < -0.3 is 0 Å². The molecule has 2 aromatic heterocycles. The van der Waals surface area contributed by atoms with E-state index >= 15 is 0 Å². The van der Waals surface area contributed by atoms with Crippen molar-refractivity contribution >= 4 is 66.0 Å². The van der Waals surface area contributed by atoms with Gasteiger partial charge >= 0.3 is 0 Å². The number of fused-ring (bicyclic) bond motifs is 11. The van der Waals surface area contributed by atoms with Gasteiger partial charge in [0.05, 0.1) is 22.2 Å². The second-order valence-corrected chi connectivity index (χ2v) is 12.8. The molecule has 11 rings (SSSR count). The molecule has 0 atom stereocenters. The van der Waals surface area contributed by atoms with Gasteiger partial charge in [0, 0.05) is 36.9 Å². The number of aromatic nitrogens is 3. The summed E-state index contributed by atoms with van der Waals surface area (Å²) in [6, 6.07) is 46.2. The van der Waals surface area contributed by atoms with Gasteiger partial charge in [-0.05, 0) is 68.7 Å². The van der Waals surface area contributed by atoms with Crippen LogP contribution in [0.1, 0.15) is 0 Å². The molecule has 0 radical (unpaired) electrons. The van der Waals surface area contributed by atoms with Crippen LogP contribution in [0.3, 0.4) is 0 Å². The number of hydrogen-bond acceptors (Lipinski definition) is 3. The summed E-state index contributed by atoms with van der Waals surface area (Å²) in [6.07, 6.45) is 0. The van der Waals surface area contributed by atoms with Crippen LogP contribution in [0.25, 0.3) is 93.7 Å². The maximum absolute atomic E-state index is 5.44. The average Bonchev–Trinajstić information content (AvgIpc) is 3.59. The van der Waals surface area contributed by atoms with Crippen LogP contribution in [-0.4, -0.2) is 14.5 Å². The fourth-order valence-corrected chi connectivity index (χ4v) is 8.85. The van der Waals surface area contributed by atoms with Crippen LogP contribution < -0.4 is 0 Å². The van der Waals surface area contributed by atoms with E-state index in [2.05, 4.69) is 132 Å². The highest BCUT2D eigenvalue weighted by molar-refractivity contribution is 7.99. The highest BCUT2D eigenvalue weighted by Crippen LogP contribution is 2.52. The summed E-state index contributed by atoms with van der Waals surface area (Å²) in [5, 5.41) is 8.62. The van der Waals surface area contributed by atoms with Crippen molar-refractivity contribution in [1.29, 1.82) is 0 Å². The fraction of sp³-hybridized carbons (Fsp3) is 0. The third-order valence-electron chi connectivity index (χ3n) is 9.52. The first-order chi connectivity index (χ1) is 21.8. The summed E-state index contributed by atoms with van der Waals surface area (Å²) in [4.78, 5) is 13.2. The molecule has 0 amide bonds. The molecule has 0 N–H and O–H groups in total. The van der Waals surface area contributed by atoms with E-state index < -0.39 is 0 Å². The van der Waals surface area contributed by atoms with Gasteiger partial charge in [-0.15, -0.1) is 0 Å². The van der Waals surface area contributed by atoms with Crippen molar-refractivity contribution in [2.75, 3.05) is 0 Å². The van der Waals surface area contributed by atoms with Crippen molar-refractivity contribution in [1.82, 2.24) is 14.5 Å². The molecule has 44 heavy (non-hydrogen) atoms. The van der Waals surface area contributed by atoms with Gasteiger partial charge in [-0.3, -0.25) is 4.57 Å². The van der Waals surface area contributed by atoms with Crippen molar-refractivity contribution in [2.45, 2.75) is 9.79 Å². The third kappa shape index (κ3) is 2.80. The molecule has 202 valence electrons. The summed E-state index contributed by atoms with van der Waals surface area (Å²) >= 11 is 1.80. The second kappa shape index (κ2) is 8.13. The van der Waals surface area contributed by atoms with Crippen molar-refractivity contribution in [3.63, 3.8) is 0 Å². The van der Waals surface area contributed by atoms with Crippen LogP contribution in [-0.2, 0) is 0 Å². The van der Waals surface area contributed by atoms with Gasteiger partial charge in [-0.25, -0.2) is 9.97 Å². The molecule has 2 aliphatic rings. The van der Waals surface area contributed by atoms with E-state index in [0.29, 0.717) is 5.95 Å². The fourth-order valence-electron chi connectivity index (χ4n) is 7.74. The third-order valence-corrected chi connectivity index (χ3v) is 10.7. The summed E-state index contributed by atoms with van der Waals surface area (Å²) in [6.45, 7) is 0. The maximum atomic E-state index is 5.44. The first kappa shape index (κ1) is 23.1. The monoisotopic (exact) mass is 575 g/mol. The average molecular weight is 576 g/mol. The normalized spacial score (nSPS) is 12.9. The van der Waals surface area contributed by atoms with Gasteiger partial charge in [-0.1, -0.05) is 109 Å². The molecule has 0 spiro atoms. The predicted octanol–water partition coefficient (Wildman–Crippen LogP) is 10.8. The lowest BCUT2D eigenvalue weighted by molar-refractivity contribution is 1.01. The van der Waals surface area contributed by atoms with Crippen LogP contribution in [0.5, 0.6) is 0 Å². The number of nitrogens with zero attached hydrogens (tertiary/aromatic N) is 3. The van der Waals surface area contributed by atoms with Crippen LogP contribution >= 0.6 is 11.8 Å². The zero-order valence-corrected chi connectivity index (χ0v) is 24.2. The Labute approximate surface area is 256 Å². The molecule has 7 aromatic carbocycles. The van der Waals surface area contributed by atoms with E-state index in [1.54, 1.807) is 11.8 Å². The van der Waals surface area contributed by atoms with E-state index in [1.165, 1.54) is 69.9 Å². The highest BCUT2D eigenvalue weighted by atomic mass is 32.2. The molecule has 3 nitrogen and oxygen atoms in total. The molecular weight excluding hydrogens is 555 g/mol. The Morgan fingerprint density at radius 3 is 2.14 bits per heavy atom. The zero-order chi connectivity index (χ0) is 28.5. The van der Waals surface area contributed by atoms with Gasteiger partial charge in [0.2, 0.25) is 5.95 Å². The topological polar surface area (TPSA) is 30.7 Å². The molecule has 1 aliphatic carbocycles. The van der Waals surface area contributed by atoms with Crippen LogP contribution in [0.4, 0.5) is 0 Å². The molecule has 9 aromatic rings. The van der Waals surface area contributed by atoms with Crippen molar-refractivity contribution in [3.8, 4) is 39.5 Å². The van der Waals surface area contributed by atoms with E-state index in [9.17, 15) is 0 Å². The Morgan fingerprint density at radius 1 is 0.477 bits per heavy atom.